The van der Waals surface area contributed by atoms with Crippen molar-refractivity contribution in [2.75, 3.05) is 26.7 Å². The molecule has 3 nitrogen and oxygen atoms in total. The van der Waals surface area contributed by atoms with Gasteiger partial charge in [-0.15, -0.1) is 0 Å². The Morgan fingerprint density at radius 2 is 2.11 bits per heavy atom. The van der Waals surface area contributed by atoms with E-state index >= 15 is 0 Å². The lowest BCUT2D eigenvalue weighted by Crippen LogP contribution is -2.42. The fraction of sp³-hybridized carbons (Fsp3) is 0.625. The van der Waals surface area contributed by atoms with E-state index in [4.69, 9.17) is 10.5 Å². The molecule has 0 spiro atoms. The van der Waals surface area contributed by atoms with Crippen LogP contribution in [-0.4, -0.2) is 37.7 Å². The number of hydrogen-bond donors (Lipinski definition) is 1. The van der Waals surface area contributed by atoms with Crippen LogP contribution in [0, 0.1) is 0 Å². The van der Waals surface area contributed by atoms with Crippen LogP contribution in [0.1, 0.15) is 36.9 Å². The molecule has 1 aromatic carbocycles. The standard InChI is InChI=1S/C16H26N2O/c1-3-13-6-8-14(9-7-13)16(17)12-18-10-4-5-15(11-18)19-2/h6-9,15-16H,3-5,10-12,17H2,1-2H3. The number of ether oxygens (including phenoxy) is 1. The highest BCUT2D eigenvalue weighted by Gasteiger charge is 2.21. The Bertz CT molecular complexity index is 377. The molecule has 2 atom stereocenters. The van der Waals surface area contributed by atoms with E-state index in [-0.39, 0.29) is 6.04 Å². The van der Waals surface area contributed by atoms with Crippen LogP contribution in [-0.2, 0) is 11.2 Å². The van der Waals surface area contributed by atoms with Gasteiger partial charge in [0.1, 0.15) is 0 Å². The summed E-state index contributed by atoms with van der Waals surface area (Å²) in [6.45, 7) is 5.25. The second kappa shape index (κ2) is 7.04. The van der Waals surface area contributed by atoms with Crippen LogP contribution in [0.3, 0.4) is 0 Å². The summed E-state index contributed by atoms with van der Waals surface area (Å²) in [6.07, 6.45) is 3.84. The van der Waals surface area contributed by atoms with Crippen LogP contribution in [0.2, 0.25) is 0 Å². The van der Waals surface area contributed by atoms with Crippen LogP contribution in [0.15, 0.2) is 24.3 Å². The van der Waals surface area contributed by atoms with Crippen molar-refractivity contribution in [1.29, 1.82) is 0 Å². The number of nitrogens with two attached hydrogens (primary N) is 1. The van der Waals surface area contributed by atoms with Crippen molar-refractivity contribution in [3.63, 3.8) is 0 Å². The average Bonchev–Trinajstić information content (AvgIpc) is 2.47. The Morgan fingerprint density at radius 3 is 2.74 bits per heavy atom. The first kappa shape index (κ1) is 14.5. The Hall–Kier alpha value is -0.900. The second-order valence-corrected chi connectivity index (χ2v) is 5.46. The van der Waals surface area contributed by atoms with Gasteiger partial charge in [-0.25, -0.2) is 0 Å². The first-order valence-electron chi connectivity index (χ1n) is 7.32. The molecule has 1 aliphatic heterocycles. The molecule has 0 aromatic heterocycles. The summed E-state index contributed by atoms with van der Waals surface area (Å²) in [7, 11) is 1.80. The van der Waals surface area contributed by atoms with Crippen molar-refractivity contribution in [3.8, 4) is 0 Å². The van der Waals surface area contributed by atoms with Crippen LogP contribution in [0.5, 0.6) is 0 Å². The van der Waals surface area contributed by atoms with Crippen molar-refractivity contribution in [2.24, 2.45) is 5.73 Å². The molecule has 1 fully saturated rings. The molecule has 0 amide bonds. The minimum Gasteiger partial charge on any atom is -0.380 e. The number of methoxy groups -OCH3 is 1. The minimum atomic E-state index is 0.0986. The Kier molecular flexibility index (Phi) is 5.37. The van der Waals surface area contributed by atoms with Crippen molar-refractivity contribution in [3.05, 3.63) is 35.4 Å². The Morgan fingerprint density at radius 1 is 1.37 bits per heavy atom. The van der Waals surface area contributed by atoms with Gasteiger partial charge in [0, 0.05) is 26.2 Å². The molecule has 2 rings (SSSR count). The molecule has 2 unspecified atom stereocenters. The molecule has 2 N–H and O–H groups in total. The van der Waals surface area contributed by atoms with Gasteiger partial charge in [-0.1, -0.05) is 31.2 Å². The molecule has 0 bridgehead atoms. The smallest absolute Gasteiger partial charge is 0.0698 e. The van der Waals surface area contributed by atoms with Crippen LogP contribution >= 0.6 is 0 Å². The van der Waals surface area contributed by atoms with Gasteiger partial charge in [0.15, 0.2) is 0 Å². The van der Waals surface area contributed by atoms with Gasteiger partial charge >= 0.3 is 0 Å². The SMILES string of the molecule is CCc1ccc(C(N)CN2CCCC(OC)C2)cc1. The quantitative estimate of drug-likeness (QED) is 0.885. The average molecular weight is 262 g/mol. The van der Waals surface area contributed by atoms with Crippen molar-refractivity contribution in [1.82, 2.24) is 4.90 Å². The molecular weight excluding hydrogens is 236 g/mol. The highest BCUT2D eigenvalue weighted by Crippen LogP contribution is 2.17. The molecule has 106 valence electrons. The van der Waals surface area contributed by atoms with E-state index in [1.54, 1.807) is 7.11 Å². The summed E-state index contributed by atoms with van der Waals surface area (Å²) in [6, 6.07) is 8.80. The topological polar surface area (TPSA) is 38.5 Å². The van der Waals surface area contributed by atoms with Crippen LogP contribution in [0.4, 0.5) is 0 Å². The number of aryl methyl sites for hydroxylation is 1. The number of hydrogen-bond acceptors (Lipinski definition) is 3. The van der Waals surface area contributed by atoms with E-state index in [0.717, 1.165) is 26.1 Å². The summed E-state index contributed by atoms with van der Waals surface area (Å²) >= 11 is 0. The molecule has 1 aliphatic rings. The predicted octanol–water partition coefficient (Wildman–Crippen LogP) is 2.36. The lowest BCUT2D eigenvalue weighted by atomic mass is 10.0. The molecule has 0 aliphatic carbocycles. The minimum absolute atomic E-state index is 0.0986. The van der Waals surface area contributed by atoms with Gasteiger partial charge in [-0.2, -0.15) is 0 Å². The third kappa shape index (κ3) is 4.03. The van der Waals surface area contributed by atoms with E-state index in [2.05, 4.69) is 36.1 Å². The van der Waals surface area contributed by atoms with Crippen molar-refractivity contribution in [2.45, 2.75) is 38.3 Å². The maximum absolute atomic E-state index is 6.32. The fourth-order valence-electron chi connectivity index (χ4n) is 2.76. The van der Waals surface area contributed by atoms with Crippen molar-refractivity contribution >= 4 is 0 Å². The highest BCUT2D eigenvalue weighted by molar-refractivity contribution is 5.25. The molecule has 3 heteroatoms. The number of likely N-dealkylation sites (tertiary alicyclic amines) is 1. The summed E-state index contributed by atoms with van der Waals surface area (Å²) in [5.74, 6) is 0. The second-order valence-electron chi connectivity index (χ2n) is 5.46. The largest absolute Gasteiger partial charge is 0.380 e. The molecule has 19 heavy (non-hydrogen) atoms. The zero-order valence-electron chi connectivity index (χ0n) is 12.1. The lowest BCUT2D eigenvalue weighted by molar-refractivity contribution is 0.0294. The maximum Gasteiger partial charge on any atom is 0.0698 e. The van der Waals surface area contributed by atoms with E-state index in [9.17, 15) is 0 Å². The Labute approximate surface area is 116 Å². The first-order chi connectivity index (χ1) is 9.22. The lowest BCUT2D eigenvalue weighted by Gasteiger charge is -2.33. The predicted molar refractivity (Wildman–Crippen MR) is 79.2 cm³/mol. The van der Waals surface area contributed by atoms with Gasteiger partial charge < -0.3 is 10.5 Å². The summed E-state index contributed by atoms with van der Waals surface area (Å²) in [5.41, 5.74) is 8.92. The van der Waals surface area contributed by atoms with Crippen LogP contribution < -0.4 is 5.73 Å². The normalized spacial score (nSPS) is 22.4. The number of piperidine rings is 1. The van der Waals surface area contributed by atoms with E-state index < -0.39 is 0 Å². The third-order valence-electron chi connectivity index (χ3n) is 4.07. The number of benzene rings is 1. The monoisotopic (exact) mass is 262 g/mol. The summed E-state index contributed by atoms with van der Waals surface area (Å²) in [4.78, 5) is 2.43. The van der Waals surface area contributed by atoms with Gasteiger partial charge in [-0.05, 0) is 36.9 Å². The van der Waals surface area contributed by atoms with Gasteiger partial charge in [-0.3, -0.25) is 4.90 Å². The van der Waals surface area contributed by atoms with Gasteiger partial charge in [0.2, 0.25) is 0 Å². The molecule has 0 saturated carbocycles. The zero-order chi connectivity index (χ0) is 13.7. The summed E-state index contributed by atoms with van der Waals surface area (Å²) in [5, 5.41) is 0. The third-order valence-corrected chi connectivity index (χ3v) is 4.07. The zero-order valence-corrected chi connectivity index (χ0v) is 12.1. The molecular formula is C16H26N2O. The van der Waals surface area contributed by atoms with E-state index in [1.807, 2.05) is 0 Å². The van der Waals surface area contributed by atoms with Gasteiger partial charge in [0.05, 0.1) is 6.10 Å². The molecule has 1 heterocycles. The molecule has 1 aromatic rings. The van der Waals surface area contributed by atoms with Crippen molar-refractivity contribution < 1.29 is 4.74 Å². The first-order valence-corrected chi connectivity index (χ1v) is 7.32. The highest BCUT2D eigenvalue weighted by atomic mass is 16.5. The molecule has 1 saturated heterocycles. The summed E-state index contributed by atoms with van der Waals surface area (Å²) < 4.78 is 5.46. The number of rotatable bonds is 5. The van der Waals surface area contributed by atoms with E-state index in [0.29, 0.717) is 6.10 Å². The fourth-order valence-corrected chi connectivity index (χ4v) is 2.76. The Balaban J connectivity index is 1.90. The van der Waals surface area contributed by atoms with Crippen LogP contribution in [0.25, 0.3) is 0 Å². The van der Waals surface area contributed by atoms with E-state index in [1.165, 1.54) is 24.0 Å². The van der Waals surface area contributed by atoms with Gasteiger partial charge in [0.25, 0.3) is 0 Å². The number of nitrogens with zero attached hydrogens (tertiary/aromatic N) is 1. The maximum atomic E-state index is 6.32. The molecule has 0 radical (unpaired) electrons.